The van der Waals surface area contributed by atoms with Crippen molar-refractivity contribution in [1.29, 1.82) is 0 Å². The Hall–Kier alpha value is -1.18. The van der Waals surface area contributed by atoms with E-state index in [0.717, 1.165) is 0 Å². The van der Waals surface area contributed by atoms with Gasteiger partial charge < -0.3 is 15.3 Å². The van der Waals surface area contributed by atoms with E-state index >= 15 is 4.39 Å². The van der Waals surface area contributed by atoms with Crippen molar-refractivity contribution in [1.82, 2.24) is 0 Å². The predicted molar refractivity (Wildman–Crippen MR) is 100 cm³/mol. The van der Waals surface area contributed by atoms with Gasteiger partial charge in [0.25, 0.3) is 0 Å². The Balaban J connectivity index is 1.82. The molecule has 4 aliphatic carbocycles. The van der Waals surface area contributed by atoms with E-state index in [1.54, 1.807) is 20.8 Å². The number of Topliss-reactive ketones (excluding diaryl/α,β-unsaturated/α-hetero) is 2. The molecule has 3 saturated carbocycles. The molecule has 3 N–H and O–H groups in total. The molecule has 0 aromatic heterocycles. The summed E-state index contributed by atoms with van der Waals surface area (Å²) in [4.78, 5) is 24.4. The predicted octanol–water partition coefficient (Wildman–Crippen LogP) is 2.27. The number of hydrogen-bond acceptors (Lipinski definition) is 5. The lowest BCUT2D eigenvalue weighted by molar-refractivity contribution is -0.190. The van der Waals surface area contributed by atoms with Gasteiger partial charge in [0.1, 0.15) is 18.4 Å². The molecular formula is C22H30F2O5. The van der Waals surface area contributed by atoms with Crippen molar-refractivity contribution in [2.45, 2.75) is 70.8 Å². The second-order valence-electron chi connectivity index (χ2n) is 10.2. The van der Waals surface area contributed by atoms with Gasteiger partial charge in [-0.2, -0.15) is 0 Å². The lowest BCUT2D eigenvalue weighted by Crippen LogP contribution is -2.64. The molecule has 0 bridgehead atoms. The number of aliphatic hydroxyl groups excluding tert-OH is 2. The fourth-order valence-electron chi connectivity index (χ4n) is 7.85. The number of hydrogen-bond donors (Lipinski definition) is 3. The monoisotopic (exact) mass is 412 g/mol. The Kier molecular flexibility index (Phi) is 4.66. The molecule has 7 heteroatoms. The first-order valence-corrected chi connectivity index (χ1v) is 10.6. The average molecular weight is 412 g/mol. The van der Waals surface area contributed by atoms with E-state index in [2.05, 4.69) is 0 Å². The minimum atomic E-state index is -1.80. The fraction of sp³-hybridized carbons (Fsp3) is 0.818. The molecule has 0 saturated heterocycles. The Morgan fingerprint density at radius 3 is 2.55 bits per heavy atom. The minimum Gasteiger partial charge on any atom is -0.393 e. The summed E-state index contributed by atoms with van der Waals surface area (Å²) in [5.74, 6) is -3.83. The van der Waals surface area contributed by atoms with Gasteiger partial charge >= 0.3 is 0 Å². The summed E-state index contributed by atoms with van der Waals surface area (Å²) in [7, 11) is 0. The first-order chi connectivity index (χ1) is 13.4. The van der Waals surface area contributed by atoms with E-state index < -0.39 is 64.5 Å². The molecule has 0 aromatic carbocycles. The van der Waals surface area contributed by atoms with Gasteiger partial charge in [-0.3, -0.25) is 9.59 Å². The molecule has 3 unspecified atom stereocenters. The van der Waals surface area contributed by atoms with E-state index in [-0.39, 0.29) is 43.1 Å². The van der Waals surface area contributed by atoms with Crippen LogP contribution in [0.1, 0.15) is 52.9 Å². The number of fused-ring (bicyclic) bond motifs is 5. The minimum absolute atomic E-state index is 0.0141. The highest BCUT2D eigenvalue weighted by Crippen LogP contribution is 2.69. The third-order valence-electron chi connectivity index (χ3n) is 9.10. The number of halogens is 2. The molecule has 9 atom stereocenters. The van der Waals surface area contributed by atoms with Crippen LogP contribution in [0.25, 0.3) is 0 Å². The summed E-state index contributed by atoms with van der Waals surface area (Å²) < 4.78 is 30.0. The highest BCUT2D eigenvalue weighted by atomic mass is 19.1. The lowest BCUT2D eigenvalue weighted by atomic mass is 9.45. The molecule has 4 aliphatic rings. The molecule has 0 amide bonds. The smallest absolute Gasteiger partial charge is 0.191 e. The number of carbonyl (C=O) groups is 2. The molecule has 0 heterocycles. The van der Waals surface area contributed by atoms with Gasteiger partial charge in [0.05, 0.1) is 6.10 Å². The van der Waals surface area contributed by atoms with Crippen molar-refractivity contribution in [3.63, 3.8) is 0 Å². The van der Waals surface area contributed by atoms with E-state index in [1.165, 1.54) is 0 Å². The first-order valence-electron chi connectivity index (χ1n) is 10.6. The zero-order valence-corrected chi connectivity index (χ0v) is 17.1. The second-order valence-corrected chi connectivity index (χ2v) is 10.2. The van der Waals surface area contributed by atoms with E-state index in [1.807, 2.05) is 0 Å². The number of carbonyl (C=O) groups excluding carboxylic acids is 2. The molecule has 3 fully saturated rings. The molecule has 5 nitrogen and oxygen atoms in total. The third kappa shape index (κ3) is 2.41. The molecule has 0 radical (unpaired) electrons. The zero-order chi connectivity index (χ0) is 21.5. The summed E-state index contributed by atoms with van der Waals surface area (Å²) in [6.45, 7) is 4.45. The normalized spacial score (nSPS) is 52.1. The van der Waals surface area contributed by atoms with Gasteiger partial charge in [-0.15, -0.1) is 0 Å². The maximum absolute atomic E-state index is 15.3. The van der Waals surface area contributed by atoms with E-state index in [4.69, 9.17) is 0 Å². The van der Waals surface area contributed by atoms with Crippen LogP contribution in [0.2, 0.25) is 0 Å². The van der Waals surface area contributed by atoms with Crippen molar-refractivity contribution in [2.75, 3.05) is 6.61 Å². The fourth-order valence-corrected chi connectivity index (χ4v) is 7.85. The molecule has 0 spiro atoms. The Morgan fingerprint density at radius 1 is 1.28 bits per heavy atom. The Labute approximate surface area is 169 Å². The second kappa shape index (κ2) is 6.41. The summed E-state index contributed by atoms with van der Waals surface area (Å²) in [5, 5.41) is 32.1. The number of allylic oxidation sites excluding steroid dienone is 1. The van der Waals surface area contributed by atoms with Crippen molar-refractivity contribution in [3.8, 4) is 0 Å². The number of aliphatic hydroxyl groups is 3. The van der Waals surface area contributed by atoms with Crippen LogP contribution < -0.4 is 0 Å². The maximum atomic E-state index is 15.3. The third-order valence-corrected chi connectivity index (χ3v) is 9.10. The molecule has 4 rings (SSSR count). The maximum Gasteiger partial charge on any atom is 0.191 e. The van der Waals surface area contributed by atoms with Gasteiger partial charge in [0, 0.05) is 22.8 Å². The van der Waals surface area contributed by atoms with Gasteiger partial charge in [0.15, 0.2) is 17.4 Å². The van der Waals surface area contributed by atoms with Crippen LogP contribution in [0.3, 0.4) is 0 Å². The van der Waals surface area contributed by atoms with Gasteiger partial charge in [-0.05, 0) is 49.4 Å². The molecular weight excluding hydrogens is 382 g/mol. The highest BCUT2D eigenvalue weighted by Gasteiger charge is 2.71. The largest absolute Gasteiger partial charge is 0.393 e. The van der Waals surface area contributed by atoms with Crippen LogP contribution >= 0.6 is 0 Å². The van der Waals surface area contributed by atoms with Gasteiger partial charge in [-0.1, -0.05) is 20.8 Å². The quantitative estimate of drug-likeness (QED) is 0.647. The molecule has 0 aliphatic heterocycles. The number of rotatable bonds is 2. The van der Waals surface area contributed by atoms with Gasteiger partial charge in [-0.25, -0.2) is 8.78 Å². The summed E-state index contributed by atoms with van der Waals surface area (Å²) in [6.07, 6.45) is -1.79. The van der Waals surface area contributed by atoms with Gasteiger partial charge in [0.2, 0.25) is 0 Å². The Bertz CT molecular complexity index is 796. The summed E-state index contributed by atoms with van der Waals surface area (Å²) in [5.41, 5.74) is -3.88. The van der Waals surface area contributed by atoms with Crippen LogP contribution in [-0.2, 0) is 9.59 Å². The number of ketones is 2. The van der Waals surface area contributed by atoms with Crippen LogP contribution in [0.5, 0.6) is 0 Å². The van der Waals surface area contributed by atoms with Crippen LogP contribution in [0.15, 0.2) is 11.4 Å². The SMILES string of the molecule is CC1C[C@H]2[C@@H]3CC(F)C4=C(F)C(=O)CC[C@]4(C)[C@H]3C(O)C[C@]2(C)[C@@]1(O)C(=O)CO. The van der Waals surface area contributed by atoms with Crippen molar-refractivity contribution >= 4 is 11.6 Å². The van der Waals surface area contributed by atoms with E-state index in [9.17, 15) is 29.3 Å². The van der Waals surface area contributed by atoms with Crippen LogP contribution in [0, 0.1) is 34.5 Å². The van der Waals surface area contributed by atoms with Crippen molar-refractivity contribution in [3.05, 3.63) is 11.4 Å². The standard InChI is InChI=1S/C22H30F2O5/c1-10-6-12-11-7-13(23)18-19(24)14(26)4-5-20(18,2)17(11)15(27)8-21(12,3)22(10,29)16(28)9-25/h10-13,15,17,25,27,29H,4-9H2,1-3H3/t10?,11-,12-,13?,15?,17+,20+,21-,22-/m0/s1. The average Bonchev–Trinajstić information content (AvgIpc) is 2.85. The summed E-state index contributed by atoms with van der Waals surface area (Å²) >= 11 is 0. The van der Waals surface area contributed by atoms with Crippen molar-refractivity contribution in [2.24, 2.45) is 34.5 Å². The van der Waals surface area contributed by atoms with Crippen molar-refractivity contribution < 1.29 is 33.7 Å². The molecule has 0 aromatic rings. The summed E-state index contributed by atoms with van der Waals surface area (Å²) in [6, 6.07) is 0. The first kappa shape index (κ1) is 21.1. The zero-order valence-electron chi connectivity index (χ0n) is 17.1. The van der Waals surface area contributed by atoms with E-state index in [0.29, 0.717) is 6.42 Å². The topological polar surface area (TPSA) is 94.8 Å². The number of alkyl halides is 1. The Morgan fingerprint density at radius 2 is 1.93 bits per heavy atom. The molecule has 29 heavy (non-hydrogen) atoms. The lowest BCUT2D eigenvalue weighted by Gasteiger charge is -2.61. The highest BCUT2D eigenvalue weighted by molar-refractivity contribution is 5.95. The van der Waals surface area contributed by atoms with Crippen LogP contribution in [0.4, 0.5) is 8.78 Å². The van der Waals surface area contributed by atoms with Crippen LogP contribution in [-0.4, -0.2) is 51.4 Å². The molecule has 162 valence electrons.